The van der Waals surface area contributed by atoms with Crippen molar-refractivity contribution in [3.05, 3.63) is 17.7 Å². The molecule has 5 heteroatoms. The van der Waals surface area contributed by atoms with Gasteiger partial charge >= 0.3 is 0 Å². The van der Waals surface area contributed by atoms with Crippen LogP contribution in [0.3, 0.4) is 0 Å². The number of hydrogen-bond donors (Lipinski definition) is 1. The van der Waals surface area contributed by atoms with Crippen molar-refractivity contribution in [3.8, 4) is 11.5 Å². The van der Waals surface area contributed by atoms with Gasteiger partial charge in [-0.1, -0.05) is 0 Å². The van der Waals surface area contributed by atoms with E-state index in [1.807, 2.05) is 6.07 Å². The normalized spacial score (nSPS) is 22.2. The largest absolute Gasteiger partial charge is 0.486 e. The Balaban J connectivity index is 2.16. The molecule has 84 valence electrons. The first kappa shape index (κ1) is 9.47. The molecule has 1 aromatic rings. The second-order valence-electron chi connectivity index (χ2n) is 3.93. The van der Waals surface area contributed by atoms with Gasteiger partial charge in [0.1, 0.15) is 19.3 Å². The molecular formula is C11H12N2O3. The van der Waals surface area contributed by atoms with Crippen LogP contribution in [0.1, 0.15) is 11.6 Å². The molecule has 0 spiro atoms. The van der Waals surface area contributed by atoms with E-state index in [0.29, 0.717) is 24.7 Å². The molecule has 16 heavy (non-hydrogen) atoms. The molecule has 0 fully saturated rings. The molecule has 0 aromatic heterocycles. The molecule has 1 atom stereocenters. The molecule has 2 aliphatic heterocycles. The summed E-state index contributed by atoms with van der Waals surface area (Å²) in [7, 11) is 1.71. The molecule has 2 aliphatic rings. The second kappa shape index (κ2) is 3.12. The van der Waals surface area contributed by atoms with Crippen molar-refractivity contribution >= 4 is 11.6 Å². The van der Waals surface area contributed by atoms with Crippen molar-refractivity contribution in [2.75, 3.05) is 25.2 Å². The van der Waals surface area contributed by atoms with Crippen LogP contribution in [0.2, 0.25) is 0 Å². The molecule has 2 N–H and O–H groups in total. The first-order valence-corrected chi connectivity index (χ1v) is 5.15. The number of benzene rings is 1. The minimum Gasteiger partial charge on any atom is -0.486 e. The number of likely N-dealkylation sites (N-methyl/N-ethyl adjacent to an activating group) is 1. The maximum Gasteiger partial charge on any atom is 0.248 e. The molecule has 0 saturated heterocycles. The van der Waals surface area contributed by atoms with Gasteiger partial charge in [-0.3, -0.25) is 4.79 Å². The van der Waals surface area contributed by atoms with E-state index < -0.39 is 6.04 Å². The lowest BCUT2D eigenvalue weighted by atomic mass is 10.1. The molecule has 0 saturated carbocycles. The van der Waals surface area contributed by atoms with E-state index in [0.717, 1.165) is 11.3 Å². The number of amides is 1. The average Bonchev–Trinajstić information content (AvgIpc) is 2.52. The van der Waals surface area contributed by atoms with Gasteiger partial charge in [0.15, 0.2) is 11.5 Å². The Morgan fingerprint density at radius 1 is 1.31 bits per heavy atom. The van der Waals surface area contributed by atoms with E-state index in [1.165, 1.54) is 0 Å². The predicted molar refractivity (Wildman–Crippen MR) is 57.8 cm³/mol. The van der Waals surface area contributed by atoms with E-state index in [1.54, 1.807) is 18.0 Å². The molecule has 1 aromatic carbocycles. The number of rotatable bonds is 0. The minimum atomic E-state index is -0.587. The summed E-state index contributed by atoms with van der Waals surface area (Å²) < 4.78 is 10.9. The number of nitrogens with zero attached hydrogens (tertiary/aromatic N) is 1. The highest BCUT2D eigenvalue weighted by atomic mass is 16.6. The third-order valence-corrected chi connectivity index (χ3v) is 2.98. The first-order valence-electron chi connectivity index (χ1n) is 5.15. The van der Waals surface area contributed by atoms with E-state index in [9.17, 15) is 4.79 Å². The Morgan fingerprint density at radius 2 is 1.94 bits per heavy atom. The lowest BCUT2D eigenvalue weighted by molar-refractivity contribution is -0.118. The van der Waals surface area contributed by atoms with Crippen LogP contribution >= 0.6 is 0 Å². The van der Waals surface area contributed by atoms with Crippen LogP contribution in [0.15, 0.2) is 12.1 Å². The number of carbonyl (C=O) groups is 1. The zero-order valence-corrected chi connectivity index (χ0v) is 8.90. The van der Waals surface area contributed by atoms with Gasteiger partial charge in [-0.25, -0.2) is 0 Å². The Labute approximate surface area is 92.7 Å². The van der Waals surface area contributed by atoms with Crippen molar-refractivity contribution in [3.63, 3.8) is 0 Å². The SMILES string of the molecule is CN1C(=O)[C@H](N)c2cc3c(cc21)OCCO3. The predicted octanol–water partition coefficient (Wildman–Crippen LogP) is 0.434. The van der Waals surface area contributed by atoms with Gasteiger partial charge in [0.2, 0.25) is 5.91 Å². The van der Waals surface area contributed by atoms with Gasteiger partial charge < -0.3 is 20.1 Å². The van der Waals surface area contributed by atoms with E-state index in [4.69, 9.17) is 15.2 Å². The van der Waals surface area contributed by atoms with E-state index in [2.05, 4.69) is 0 Å². The van der Waals surface area contributed by atoms with Gasteiger partial charge in [-0.15, -0.1) is 0 Å². The fourth-order valence-electron chi connectivity index (χ4n) is 2.09. The van der Waals surface area contributed by atoms with E-state index in [-0.39, 0.29) is 5.91 Å². The van der Waals surface area contributed by atoms with Crippen molar-refractivity contribution in [1.29, 1.82) is 0 Å². The summed E-state index contributed by atoms with van der Waals surface area (Å²) in [5.74, 6) is 1.25. The van der Waals surface area contributed by atoms with Crippen molar-refractivity contribution in [2.45, 2.75) is 6.04 Å². The summed E-state index contributed by atoms with van der Waals surface area (Å²) in [6.45, 7) is 1.07. The summed E-state index contributed by atoms with van der Waals surface area (Å²) in [5.41, 5.74) is 7.44. The first-order chi connectivity index (χ1) is 7.68. The van der Waals surface area contributed by atoms with Crippen LogP contribution in [-0.2, 0) is 4.79 Å². The molecule has 0 unspecified atom stereocenters. The summed E-state index contributed by atoms with van der Waals surface area (Å²) >= 11 is 0. The third kappa shape index (κ3) is 1.12. The Morgan fingerprint density at radius 3 is 2.62 bits per heavy atom. The highest BCUT2D eigenvalue weighted by Gasteiger charge is 2.34. The van der Waals surface area contributed by atoms with Crippen LogP contribution in [-0.4, -0.2) is 26.2 Å². The fourth-order valence-corrected chi connectivity index (χ4v) is 2.09. The molecule has 2 heterocycles. The van der Waals surface area contributed by atoms with Crippen molar-refractivity contribution in [2.24, 2.45) is 5.73 Å². The number of nitrogens with two attached hydrogens (primary N) is 1. The summed E-state index contributed by atoms with van der Waals surface area (Å²) in [5, 5.41) is 0. The van der Waals surface area contributed by atoms with Gasteiger partial charge in [-0.2, -0.15) is 0 Å². The highest BCUT2D eigenvalue weighted by molar-refractivity contribution is 6.04. The standard InChI is InChI=1S/C11H12N2O3/c1-13-7-5-9-8(15-2-3-16-9)4-6(7)10(12)11(13)14/h4-5,10H,2-3,12H2,1H3/t10-/m1/s1. The molecule has 5 nitrogen and oxygen atoms in total. The summed E-state index contributed by atoms with van der Waals surface area (Å²) in [6, 6.07) is 3.03. The zero-order valence-electron chi connectivity index (χ0n) is 8.90. The molecule has 0 bridgehead atoms. The average molecular weight is 220 g/mol. The zero-order chi connectivity index (χ0) is 11.3. The minimum absolute atomic E-state index is 0.0997. The van der Waals surface area contributed by atoms with Gasteiger partial charge in [-0.05, 0) is 6.07 Å². The topological polar surface area (TPSA) is 64.8 Å². The third-order valence-electron chi connectivity index (χ3n) is 2.98. The molecule has 0 aliphatic carbocycles. The number of carbonyl (C=O) groups excluding carboxylic acids is 1. The molecule has 1 amide bonds. The van der Waals surface area contributed by atoms with E-state index >= 15 is 0 Å². The Bertz CT molecular complexity index is 432. The number of fused-ring (bicyclic) bond motifs is 2. The fraction of sp³-hybridized carbons (Fsp3) is 0.364. The Kier molecular flexibility index (Phi) is 1.85. The monoisotopic (exact) mass is 220 g/mol. The van der Waals surface area contributed by atoms with Crippen molar-refractivity contribution in [1.82, 2.24) is 0 Å². The lowest BCUT2D eigenvalue weighted by Crippen LogP contribution is -2.27. The maximum atomic E-state index is 11.7. The quantitative estimate of drug-likeness (QED) is 0.688. The van der Waals surface area contributed by atoms with Gasteiger partial charge in [0, 0.05) is 18.7 Å². The highest BCUT2D eigenvalue weighted by Crippen LogP contribution is 2.42. The maximum absolute atomic E-state index is 11.7. The summed E-state index contributed by atoms with van der Waals surface area (Å²) in [6.07, 6.45) is 0. The number of hydrogen-bond acceptors (Lipinski definition) is 4. The summed E-state index contributed by atoms with van der Waals surface area (Å²) in [4.78, 5) is 13.3. The number of ether oxygens (including phenoxy) is 2. The van der Waals surface area contributed by atoms with Gasteiger partial charge in [0.05, 0.1) is 5.69 Å². The lowest BCUT2D eigenvalue weighted by Gasteiger charge is -2.20. The van der Waals surface area contributed by atoms with Crippen LogP contribution in [0.25, 0.3) is 0 Å². The van der Waals surface area contributed by atoms with Crippen LogP contribution in [0.5, 0.6) is 11.5 Å². The second-order valence-corrected chi connectivity index (χ2v) is 3.93. The number of anilines is 1. The molecule has 3 rings (SSSR count). The van der Waals surface area contributed by atoms with Crippen LogP contribution < -0.4 is 20.1 Å². The molecule has 0 radical (unpaired) electrons. The molecular weight excluding hydrogens is 208 g/mol. The van der Waals surface area contributed by atoms with Crippen LogP contribution in [0.4, 0.5) is 5.69 Å². The Hall–Kier alpha value is -1.75. The smallest absolute Gasteiger partial charge is 0.248 e. The van der Waals surface area contributed by atoms with Crippen molar-refractivity contribution < 1.29 is 14.3 Å². The van der Waals surface area contributed by atoms with Gasteiger partial charge in [0.25, 0.3) is 0 Å². The van der Waals surface area contributed by atoms with Crippen LogP contribution in [0, 0.1) is 0 Å².